The molecule has 0 aliphatic carbocycles. The van der Waals surface area contributed by atoms with Gasteiger partial charge in [0.15, 0.2) is 0 Å². The van der Waals surface area contributed by atoms with E-state index in [1.807, 2.05) is 0 Å². The van der Waals surface area contributed by atoms with Crippen LogP contribution in [0.1, 0.15) is 119 Å². The molecule has 0 atom stereocenters. The van der Waals surface area contributed by atoms with Crippen molar-refractivity contribution < 1.29 is 9.47 Å². The number of ether oxygens (including phenoxy) is 2. The first kappa shape index (κ1) is 32.4. The fraction of sp³-hybridized carbons (Fsp3) is 0.929. The van der Waals surface area contributed by atoms with Crippen LogP contribution in [-0.4, -0.2) is 55.0 Å². The van der Waals surface area contributed by atoms with Crippen molar-refractivity contribution in [2.24, 2.45) is 11.5 Å². The summed E-state index contributed by atoms with van der Waals surface area (Å²) in [7, 11) is 2.21. The normalized spacial score (nSPS) is 13.6. The largest absolute Gasteiger partial charge is 0.376 e. The fourth-order valence-electron chi connectivity index (χ4n) is 3.99. The highest BCUT2D eigenvalue weighted by Crippen LogP contribution is 2.24. The van der Waals surface area contributed by atoms with Crippen molar-refractivity contribution in [3.63, 3.8) is 0 Å². The average molecular weight is 470 g/mol. The highest BCUT2D eigenvalue weighted by atomic mass is 16.5. The number of hydrogen-bond donors (Lipinski definition) is 2. The van der Waals surface area contributed by atoms with Gasteiger partial charge in [-0.1, -0.05) is 5.57 Å². The van der Waals surface area contributed by atoms with E-state index in [9.17, 15) is 0 Å². The number of nitrogens with two attached hydrogens (primary N) is 2. The smallest absolute Gasteiger partial charge is 0.0626 e. The van der Waals surface area contributed by atoms with Gasteiger partial charge in [0.2, 0.25) is 0 Å². The zero-order valence-corrected chi connectivity index (χ0v) is 23.6. The summed E-state index contributed by atoms with van der Waals surface area (Å²) in [5, 5.41) is 0. The van der Waals surface area contributed by atoms with E-state index in [0.717, 1.165) is 90.5 Å². The highest BCUT2D eigenvalue weighted by molar-refractivity contribution is 5.00. The molecule has 0 aromatic rings. The van der Waals surface area contributed by atoms with Gasteiger partial charge >= 0.3 is 0 Å². The van der Waals surface area contributed by atoms with Crippen LogP contribution in [0.2, 0.25) is 0 Å². The average Bonchev–Trinajstić information content (AvgIpc) is 2.71. The molecule has 0 amide bonds. The van der Waals surface area contributed by atoms with Crippen molar-refractivity contribution in [1.29, 1.82) is 0 Å². The predicted octanol–water partition coefficient (Wildman–Crippen LogP) is 6.40. The lowest BCUT2D eigenvalue weighted by Crippen LogP contribution is -2.37. The molecule has 4 N–H and O–H groups in total. The van der Waals surface area contributed by atoms with Crippen molar-refractivity contribution in [1.82, 2.24) is 4.90 Å². The molecule has 33 heavy (non-hydrogen) atoms. The number of hydrogen-bond acceptors (Lipinski definition) is 5. The second kappa shape index (κ2) is 16.9. The highest BCUT2D eigenvalue weighted by Gasteiger charge is 2.22. The van der Waals surface area contributed by atoms with Crippen LogP contribution in [0.3, 0.4) is 0 Å². The SMILES string of the molecule is CC(=CN(C)C(C)(C)CCCCOC(C)(C)CCCCN)CCCOC(C)(C)CCCCN. The van der Waals surface area contributed by atoms with Crippen LogP contribution in [0.15, 0.2) is 11.8 Å². The summed E-state index contributed by atoms with van der Waals surface area (Å²) in [4.78, 5) is 2.39. The molecule has 5 heteroatoms. The molecule has 198 valence electrons. The Hall–Kier alpha value is -0.620. The Kier molecular flexibility index (Phi) is 16.6. The number of rotatable bonds is 21. The minimum absolute atomic E-state index is 0.0370. The summed E-state index contributed by atoms with van der Waals surface area (Å²) in [5.41, 5.74) is 12.7. The lowest BCUT2D eigenvalue weighted by molar-refractivity contribution is -0.0271. The van der Waals surface area contributed by atoms with E-state index in [0.29, 0.717) is 0 Å². The van der Waals surface area contributed by atoms with Crippen LogP contribution in [-0.2, 0) is 9.47 Å². The van der Waals surface area contributed by atoms with Gasteiger partial charge in [0.25, 0.3) is 0 Å². The third-order valence-corrected chi connectivity index (χ3v) is 6.72. The van der Waals surface area contributed by atoms with Gasteiger partial charge in [0, 0.05) is 25.8 Å². The van der Waals surface area contributed by atoms with Gasteiger partial charge in [-0.2, -0.15) is 0 Å². The molecule has 0 aliphatic heterocycles. The molecule has 0 fully saturated rings. The van der Waals surface area contributed by atoms with E-state index >= 15 is 0 Å². The fourth-order valence-corrected chi connectivity index (χ4v) is 3.99. The van der Waals surface area contributed by atoms with Crippen LogP contribution < -0.4 is 11.5 Å². The van der Waals surface area contributed by atoms with Gasteiger partial charge in [0.1, 0.15) is 0 Å². The van der Waals surface area contributed by atoms with E-state index < -0.39 is 0 Å². The van der Waals surface area contributed by atoms with E-state index in [1.165, 1.54) is 12.0 Å². The second-order valence-electron chi connectivity index (χ2n) is 11.7. The molecule has 0 rings (SSSR count). The van der Waals surface area contributed by atoms with E-state index in [2.05, 4.69) is 66.6 Å². The Morgan fingerprint density at radius 1 is 0.697 bits per heavy atom. The summed E-state index contributed by atoms with van der Waals surface area (Å²) >= 11 is 0. The van der Waals surface area contributed by atoms with Crippen molar-refractivity contribution in [3.05, 3.63) is 11.8 Å². The molecular weight excluding hydrogens is 410 g/mol. The first-order valence-corrected chi connectivity index (χ1v) is 13.4. The maximum absolute atomic E-state index is 6.14. The molecule has 0 saturated heterocycles. The third kappa shape index (κ3) is 17.5. The Labute approximate surface area is 207 Å². The van der Waals surface area contributed by atoms with Crippen molar-refractivity contribution in [3.8, 4) is 0 Å². The van der Waals surface area contributed by atoms with Gasteiger partial charge < -0.3 is 25.8 Å². The lowest BCUT2D eigenvalue weighted by Gasteiger charge is -2.36. The second-order valence-corrected chi connectivity index (χ2v) is 11.7. The zero-order valence-electron chi connectivity index (χ0n) is 23.6. The van der Waals surface area contributed by atoms with Crippen LogP contribution in [0.25, 0.3) is 0 Å². The molecule has 0 spiro atoms. The molecular formula is C28H59N3O2. The molecule has 0 radical (unpaired) electrons. The summed E-state index contributed by atoms with van der Waals surface area (Å²) in [6.07, 6.45) is 14.5. The number of allylic oxidation sites excluding steroid dienone is 1. The summed E-state index contributed by atoms with van der Waals surface area (Å²) < 4.78 is 12.3. The molecule has 0 bridgehead atoms. The summed E-state index contributed by atoms with van der Waals surface area (Å²) in [6, 6.07) is 0. The quantitative estimate of drug-likeness (QED) is 0.190. The minimum Gasteiger partial charge on any atom is -0.376 e. The Morgan fingerprint density at radius 2 is 1.15 bits per heavy atom. The van der Waals surface area contributed by atoms with Crippen molar-refractivity contribution in [2.75, 3.05) is 33.4 Å². The van der Waals surface area contributed by atoms with Gasteiger partial charge in [-0.3, -0.25) is 0 Å². The molecule has 0 unspecified atom stereocenters. The van der Waals surface area contributed by atoms with Gasteiger partial charge in [-0.25, -0.2) is 0 Å². The van der Waals surface area contributed by atoms with Gasteiger partial charge in [-0.05, 0) is 138 Å². The predicted molar refractivity (Wildman–Crippen MR) is 145 cm³/mol. The molecule has 0 saturated carbocycles. The Balaban J connectivity index is 4.19. The first-order chi connectivity index (χ1) is 15.4. The van der Waals surface area contributed by atoms with E-state index in [-0.39, 0.29) is 16.7 Å². The summed E-state index contributed by atoms with van der Waals surface area (Å²) in [5.74, 6) is 0. The number of unbranched alkanes of at least 4 members (excludes halogenated alkanes) is 3. The van der Waals surface area contributed by atoms with Crippen LogP contribution >= 0.6 is 0 Å². The minimum atomic E-state index is -0.0467. The van der Waals surface area contributed by atoms with E-state index in [1.54, 1.807) is 0 Å². The standard InChI is InChI=1S/C28H59N3O2/c1-25(16-15-23-33-28(6,7)19-10-13-21-30)24-31(8)26(2,3)17-11-14-22-32-27(4,5)18-9-12-20-29/h24H,9-23,29-30H2,1-8H3. The Bertz CT molecular complexity index is 515. The maximum Gasteiger partial charge on any atom is 0.0626 e. The van der Waals surface area contributed by atoms with Crippen LogP contribution in [0.4, 0.5) is 0 Å². The van der Waals surface area contributed by atoms with Crippen LogP contribution in [0, 0.1) is 0 Å². The molecule has 0 heterocycles. The molecule has 0 aliphatic rings. The topological polar surface area (TPSA) is 73.7 Å². The van der Waals surface area contributed by atoms with Crippen molar-refractivity contribution >= 4 is 0 Å². The van der Waals surface area contributed by atoms with Gasteiger partial charge in [0.05, 0.1) is 11.2 Å². The van der Waals surface area contributed by atoms with Gasteiger partial charge in [-0.15, -0.1) is 0 Å². The number of nitrogens with zero attached hydrogens (tertiary/aromatic N) is 1. The molecule has 0 aromatic heterocycles. The zero-order chi connectivity index (χ0) is 25.4. The maximum atomic E-state index is 6.14. The molecule has 5 nitrogen and oxygen atoms in total. The van der Waals surface area contributed by atoms with Crippen LogP contribution in [0.5, 0.6) is 0 Å². The molecule has 0 aromatic carbocycles. The first-order valence-electron chi connectivity index (χ1n) is 13.4. The summed E-state index contributed by atoms with van der Waals surface area (Å²) in [6.45, 7) is 18.9. The third-order valence-electron chi connectivity index (χ3n) is 6.72. The monoisotopic (exact) mass is 469 g/mol. The van der Waals surface area contributed by atoms with Crippen molar-refractivity contribution in [2.45, 2.75) is 136 Å². The van der Waals surface area contributed by atoms with E-state index in [4.69, 9.17) is 20.9 Å². The lowest BCUT2D eigenvalue weighted by atomic mass is 9.95. The Morgan fingerprint density at radius 3 is 1.64 bits per heavy atom.